The Kier molecular flexibility index (Phi) is 5.26. The van der Waals surface area contributed by atoms with Crippen molar-refractivity contribution in [2.75, 3.05) is 33.3 Å². The lowest BCUT2D eigenvalue weighted by molar-refractivity contribution is 0.123. The summed E-state index contributed by atoms with van der Waals surface area (Å²) in [7, 11) is 1.61. The maximum atomic E-state index is 10.7. The molecule has 1 aliphatic carbocycles. The second-order valence-corrected chi connectivity index (χ2v) is 7.24. The zero-order valence-corrected chi connectivity index (χ0v) is 14.7. The molecule has 0 radical (unpaired) electrons. The largest absolute Gasteiger partial charge is 0.504 e. The van der Waals surface area contributed by atoms with Gasteiger partial charge in [0.2, 0.25) is 0 Å². The van der Waals surface area contributed by atoms with Crippen molar-refractivity contribution in [3.05, 3.63) is 22.2 Å². The number of hydrogen-bond acceptors (Lipinski definition) is 4. The van der Waals surface area contributed by atoms with E-state index in [9.17, 15) is 5.11 Å². The van der Waals surface area contributed by atoms with Crippen LogP contribution in [0.3, 0.4) is 0 Å². The molecule has 1 aromatic carbocycles. The lowest BCUT2D eigenvalue weighted by atomic mass is 9.89. The molecule has 5 heteroatoms. The van der Waals surface area contributed by atoms with Gasteiger partial charge in [-0.2, -0.15) is 0 Å². The summed E-state index contributed by atoms with van der Waals surface area (Å²) >= 11 is 3.57. The van der Waals surface area contributed by atoms with E-state index < -0.39 is 0 Å². The third kappa shape index (κ3) is 3.26. The molecular weight excluding hydrogens is 344 g/mol. The third-order valence-corrected chi connectivity index (χ3v) is 5.46. The van der Waals surface area contributed by atoms with E-state index in [2.05, 4.69) is 32.2 Å². The summed E-state index contributed by atoms with van der Waals surface area (Å²) in [6, 6.07) is 4.20. The van der Waals surface area contributed by atoms with E-state index in [4.69, 9.17) is 4.74 Å². The Hall–Kier alpha value is -0.780. The lowest BCUT2D eigenvalue weighted by Crippen LogP contribution is -2.46. The molecule has 0 spiro atoms. The monoisotopic (exact) mass is 368 g/mol. The van der Waals surface area contributed by atoms with Gasteiger partial charge in [0.25, 0.3) is 0 Å². The van der Waals surface area contributed by atoms with Gasteiger partial charge in [-0.05, 0) is 30.9 Å². The smallest absolute Gasteiger partial charge is 0.162 e. The Morgan fingerprint density at radius 1 is 1.27 bits per heavy atom. The second kappa shape index (κ2) is 7.20. The zero-order chi connectivity index (χ0) is 15.5. The van der Waals surface area contributed by atoms with Gasteiger partial charge in [0.1, 0.15) is 0 Å². The first-order valence-corrected chi connectivity index (χ1v) is 9.01. The number of ether oxygens (including phenoxy) is 1. The first kappa shape index (κ1) is 16.1. The number of nitrogens with zero attached hydrogens (tertiary/aromatic N) is 1. The van der Waals surface area contributed by atoms with Crippen LogP contribution < -0.4 is 10.1 Å². The van der Waals surface area contributed by atoms with Gasteiger partial charge < -0.3 is 15.2 Å². The fraction of sp³-hybridized carbons (Fsp3) is 0.647. The van der Waals surface area contributed by atoms with Crippen LogP contribution in [-0.4, -0.2) is 43.3 Å². The van der Waals surface area contributed by atoms with Gasteiger partial charge in [-0.15, -0.1) is 0 Å². The summed E-state index contributed by atoms with van der Waals surface area (Å²) in [6.45, 7) is 4.12. The van der Waals surface area contributed by atoms with E-state index in [-0.39, 0.29) is 6.04 Å². The van der Waals surface area contributed by atoms with Crippen LogP contribution in [0.1, 0.15) is 37.3 Å². The van der Waals surface area contributed by atoms with Gasteiger partial charge in [-0.25, -0.2) is 0 Å². The van der Waals surface area contributed by atoms with Crippen LogP contribution in [0, 0.1) is 5.92 Å². The number of halogens is 1. The lowest BCUT2D eigenvalue weighted by Gasteiger charge is -2.39. The van der Waals surface area contributed by atoms with Crippen LogP contribution in [0.4, 0.5) is 0 Å². The Labute approximate surface area is 141 Å². The summed E-state index contributed by atoms with van der Waals surface area (Å²) in [5.41, 5.74) is 1.01. The maximum absolute atomic E-state index is 10.7. The van der Waals surface area contributed by atoms with Gasteiger partial charge in [-0.1, -0.05) is 28.8 Å². The standard InChI is InChI=1S/C17H25BrN2O2/c1-22-15-11-13(18)10-14(17(15)21)16(12-4-2-3-5-12)20-8-6-19-7-9-20/h10-12,16,19,21H,2-9H2,1H3/t16-/m0/s1. The number of piperazine rings is 1. The van der Waals surface area contributed by atoms with Gasteiger partial charge in [-0.3, -0.25) is 4.90 Å². The summed E-state index contributed by atoms with van der Waals surface area (Å²) in [5, 5.41) is 14.1. The predicted molar refractivity (Wildman–Crippen MR) is 91.5 cm³/mol. The normalized spacial score (nSPS) is 21.9. The highest BCUT2D eigenvalue weighted by Gasteiger charge is 2.34. The van der Waals surface area contributed by atoms with Gasteiger partial charge in [0.05, 0.1) is 7.11 Å². The topological polar surface area (TPSA) is 44.7 Å². The van der Waals surface area contributed by atoms with Crippen LogP contribution in [0.15, 0.2) is 16.6 Å². The summed E-state index contributed by atoms with van der Waals surface area (Å²) in [6.07, 6.45) is 5.12. The van der Waals surface area contributed by atoms with Crippen molar-refractivity contribution in [3.8, 4) is 11.5 Å². The molecule has 1 aliphatic heterocycles. The number of hydrogen-bond donors (Lipinski definition) is 2. The molecule has 0 bridgehead atoms. The van der Waals surface area contributed by atoms with Crippen LogP contribution in [0.2, 0.25) is 0 Å². The molecule has 1 atom stereocenters. The van der Waals surface area contributed by atoms with Gasteiger partial charge in [0.15, 0.2) is 11.5 Å². The average Bonchev–Trinajstić information content (AvgIpc) is 3.05. The molecule has 22 heavy (non-hydrogen) atoms. The molecule has 2 aliphatic rings. The van der Waals surface area contributed by atoms with Crippen molar-refractivity contribution >= 4 is 15.9 Å². The summed E-state index contributed by atoms with van der Waals surface area (Å²) in [5.74, 6) is 1.49. The molecule has 0 aromatic heterocycles. The van der Waals surface area contributed by atoms with E-state index in [1.165, 1.54) is 25.7 Å². The van der Waals surface area contributed by atoms with Crippen molar-refractivity contribution in [2.45, 2.75) is 31.7 Å². The molecule has 4 nitrogen and oxygen atoms in total. The van der Waals surface area contributed by atoms with Crippen molar-refractivity contribution in [2.24, 2.45) is 5.92 Å². The molecule has 1 saturated heterocycles. The third-order valence-electron chi connectivity index (χ3n) is 5.00. The fourth-order valence-electron chi connectivity index (χ4n) is 3.96. The minimum Gasteiger partial charge on any atom is -0.504 e. The molecular formula is C17H25BrN2O2. The zero-order valence-electron chi connectivity index (χ0n) is 13.1. The van der Waals surface area contributed by atoms with Crippen LogP contribution in [0.5, 0.6) is 11.5 Å². The van der Waals surface area contributed by atoms with E-state index in [0.29, 0.717) is 17.4 Å². The molecule has 1 aromatic rings. The number of nitrogens with one attached hydrogen (secondary N) is 1. The van der Waals surface area contributed by atoms with Crippen molar-refractivity contribution in [1.29, 1.82) is 0 Å². The quantitative estimate of drug-likeness (QED) is 0.855. The molecule has 1 saturated carbocycles. The summed E-state index contributed by atoms with van der Waals surface area (Å²) < 4.78 is 6.32. The van der Waals surface area contributed by atoms with Crippen LogP contribution in [0.25, 0.3) is 0 Å². The van der Waals surface area contributed by atoms with Crippen molar-refractivity contribution in [3.63, 3.8) is 0 Å². The number of phenols is 1. The van der Waals surface area contributed by atoms with E-state index in [1.54, 1.807) is 7.11 Å². The Morgan fingerprint density at radius 2 is 1.95 bits per heavy atom. The van der Waals surface area contributed by atoms with E-state index >= 15 is 0 Å². The van der Waals surface area contributed by atoms with Crippen molar-refractivity contribution in [1.82, 2.24) is 10.2 Å². The van der Waals surface area contributed by atoms with Crippen LogP contribution >= 0.6 is 15.9 Å². The Morgan fingerprint density at radius 3 is 2.59 bits per heavy atom. The number of methoxy groups -OCH3 is 1. The fourth-order valence-corrected chi connectivity index (χ4v) is 4.41. The number of benzene rings is 1. The second-order valence-electron chi connectivity index (χ2n) is 6.32. The SMILES string of the molecule is COc1cc(Br)cc([C@H](C2CCCC2)N2CCNCC2)c1O. The Bertz CT molecular complexity index is 512. The van der Waals surface area contributed by atoms with Crippen molar-refractivity contribution < 1.29 is 9.84 Å². The van der Waals surface area contributed by atoms with E-state index in [0.717, 1.165) is 36.2 Å². The first-order valence-electron chi connectivity index (χ1n) is 8.22. The molecule has 2 fully saturated rings. The molecule has 2 N–H and O–H groups in total. The maximum Gasteiger partial charge on any atom is 0.162 e. The molecule has 0 amide bonds. The molecule has 122 valence electrons. The van der Waals surface area contributed by atoms with E-state index in [1.807, 2.05) is 6.07 Å². The molecule has 1 heterocycles. The highest BCUT2D eigenvalue weighted by molar-refractivity contribution is 9.10. The highest BCUT2D eigenvalue weighted by Crippen LogP contribution is 2.46. The molecule has 3 rings (SSSR count). The predicted octanol–water partition coefficient (Wildman–Crippen LogP) is 3.30. The Balaban J connectivity index is 1.99. The van der Waals surface area contributed by atoms with Crippen LogP contribution in [-0.2, 0) is 0 Å². The number of phenolic OH excluding ortho intramolecular Hbond substituents is 1. The van der Waals surface area contributed by atoms with Gasteiger partial charge in [0, 0.05) is 42.3 Å². The summed E-state index contributed by atoms with van der Waals surface area (Å²) in [4.78, 5) is 2.54. The number of aromatic hydroxyl groups is 1. The van der Waals surface area contributed by atoms with Gasteiger partial charge >= 0.3 is 0 Å². The average molecular weight is 369 g/mol. The number of rotatable bonds is 4. The first-order chi connectivity index (χ1) is 10.7. The minimum absolute atomic E-state index is 0.288. The highest BCUT2D eigenvalue weighted by atomic mass is 79.9. The molecule has 0 unspecified atom stereocenters. The minimum atomic E-state index is 0.288.